The lowest BCUT2D eigenvalue weighted by molar-refractivity contribution is 1.12. The van der Waals surface area contributed by atoms with Crippen molar-refractivity contribution in [2.24, 2.45) is 0 Å². The van der Waals surface area contributed by atoms with Gasteiger partial charge in [0.1, 0.15) is 0 Å². The Hall–Kier alpha value is -11.6. The Balaban J connectivity index is 1.24. The summed E-state index contributed by atoms with van der Waals surface area (Å²) in [4.78, 5) is 21.5. The Morgan fingerprint density at radius 1 is 0.273 bits per heavy atom. The molecule has 0 fully saturated rings. The van der Waals surface area contributed by atoms with E-state index in [-0.39, 0.29) is 0 Å². The van der Waals surface area contributed by atoms with Crippen LogP contribution in [0.5, 0.6) is 0 Å². The van der Waals surface area contributed by atoms with E-state index in [1.54, 1.807) is 36.4 Å². The molecule has 0 radical (unpaired) electrons. The summed E-state index contributed by atoms with van der Waals surface area (Å²) in [5, 5.41) is 52.9. The van der Waals surface area contributed by atoms with E-state index >= 15 is 0 Å². The minimum atomic E-state index is 0.324. The molecule has 3 aromatic heterocycles. The minimum Gasteiger partial charge on any atom is -0.308 e. The van der Waals surface area contributed by atoms with Crippen molar-refractivity contribution in [2.45, 2.75) is 0 Å². The summed E-state index contributed by atoms with van der Waals surface area (Å²) in [6.07, 6.45) is 0. The van der Waals surface area contributed by atoms with E-state index in [9.17, 15) is 26.3 Å². The van der Waals surface area contributed by atoms with Crippen molar-refractivity contribution in [1.29, 1.82) is 26.3 Å². The lowest BCUT2D eigenvalue weighted by Gasteiger charge is -2.20. The smallest absolute Gasteiger partial charge is 0.162 e. The van der Waals surface area contributed by atoms with Gasteiger partial charge in [0.05, 0.1) is 97.7 Å². The summed E-state index contributed by atoms with van der Waals surface area (Å²) in [6, 6.07) is 80.8. The molecule has 12 rings (SSSR count). The SMILES string of the molecule is N#Cc1cc(C#N)cc(-c2ccc3c(c2)c2cc(-c4cc(C#N)cc(C#N)c4)ccc2n3-c2c(-c3nc(-c4ccccc4)cc(-c4ccccc4)n3)cc(C#N)cc2-c2nc(-c3ccccc3)cc(-c3ccccc3)n2)c1. The standard InChI is InChI=1S/C67H36N10/c68-37-42-25-43(38-69)28-53(27-42)51-21-23-63-55(33-51)56-34-52(54-29-44(39-70)26-45(30-54)40-71)22-24-64(56)77(63)65-57(66-73-59(47-13-5-1-6-14-47)35-60(74-66)48-15-7-2-8-16-48)31-46(41-72)32-58(65)67-75-61(49-17-9-3-10-18-49)36-62(76-67)50-19-11-4-12-20-50/h1-36H. The normalized spacial score (nSPS) is 10.8. The first-order valence-electron chi connectivity index (χ1n) is 24.5. The van der Waals surface area contributed by atoms with E-state index in [1.165, 1.54) is 0 Å². The Bertz CT molecular complexity index is 4090. The summed E-state index contributed by atoms with van der Waals surface area (Å²) in [5.41, 5.74) is 13.9. The molecule has 0 aliphatic carbocycles. The van der Waals surface area contributed by atoms with Crippen LogP contribution in [-0.4, -0.2) is 24.5 Å². The summed E-state index contributed by atoms with van der Waals surface area (Å²) in [5.74, 6) is 0.693. The van der Waals surface area contributed by atoms with Crippen LogP contribution in [0.15, 0.2) is 218 Å². The molecule has 0 aliphatic rings. The zero-order valence-electron chi connectivity index (χ0n) is 40.8. The molecule has 77 heavy (non-hydrogen) atoms. The Kier molecular flexibility index (Phi) is 11.9. The number of rotatable bonds is 9. The van der Waals surface area contributed by atoms with E-state index in [0.29, 0.717) is 90.2 Å². The number of aromatic nitrogens is 5. The van der Waals surface area contributed by atoms with Crippen LogP contribution < -0.4 is 0 Å². The van der Waals surface area contributed by atoms with Gasteiger partial charge in [-0.3, -0.25) is 0 Å². The van der Waals surface area contributed by atoms with Crippen LogP contribution >= 0.6 is 0 Å². The Labute approximate surface area is 442 Å². The lowest BCUT2D eigenvalue weighted by atomic mass is 9.97. The second kappa shape index (κ2) is 19.8. The van der Waals surface area contributed by atoms with Crippen LogP contribution in [-0.2, 0) is 0 Å². The average molecular weight is 981 g/mol. The van der Waals surface area contributed by atoms with Crippen molar-refractivity contribution in [3.8, 4) is 126 Å². The van der Waals surface area contributed by atoms with Crippen molar-refractivity contribution in [3.63, 3.8) is 0 Å². The summed E-state index contributed by atoms with van der Waals surface area (Å²) < 4.78 is 2.14. The number of benzene rings is 9. The maximum atomic E-state index is 11.1. The molecule has 10 nitrogen and oxygen atoms in total. The third kappa shape index (κ3) is 8.84. The number of nitrogens with zero attached hydrogens (tertiary/aromatic N) is 10. The highest BCUT2D eigenvalue weighted by Gasteiger charge is 2.26. The molecule has 12 aromatic rings. The van der Waals surface area contributed by atoms with Gasteiger partial charge in [0.25, 0.3) is 0 Å². The fourth-order valence-electron chi connectivity index (χ4n) is 9.91. The highest BCUT2D eigenvalue weighted by atomic mass is 15.0. The summed E-state index contributed by atoms with van der Waals surface area (Å²) >= 11 is 0. The highest BCUT2D eigenvalue weighted by Crippen LogP contribution is 2.44. The quantitative estimate of drug-likeness (QED) is 0.136. The van der Waals surface area contributed by atoms with Gasteiger partial charge in [-0.15, -0.1) is 0 Å². The topological polar surface area (TPSA) is 175 Å². The van der Waals surface area contributed by atoms with E-state index in [4.69, 9.17) is 19.9 Å². The van der Waals surface area contributed by atoms with Gasteiger partial charge in [0, 0.05) is 44.2 Å². The second-order valence-electron chi connectivity index (χ2n) is 18.3. The Morgan fingerprint density at radius 2 is 0.571 bits per heavy atom. The van der Waals surface area contributed by atoms with Gasteiger partial charge in [-0.25, -0.2) is 19.9 Å². The maximum Gasteiger partial charge on any atom is 0.162 e. The van der Waals surface area contributed by atoms with Crippen molar-refractivity contribution >= 4 is 21.8 Å². The molecule has 0 bridgehead atoms. The van der Waals surface area contributed by atoms with Gasteiger partial charge in [0.15, 0.2) is 11.6 Å². The van der Waals surface area contributed by atoms with E-state index in [1.807, 2.05) is 182 Å². The first-order valence-corrected chi connectivity index (χ1v) is 24.5. The molecule has 0 atom stereocenters. The monoisotopic (exact) mass is 980 g/mol. The van der Waals surface area contributed by atoms with Crippen molar-refractivity contribution < 1.29 is 0 Å². The zero-order chi connectivity index (χ0) is 52.4. The lowest BCUT2D eigenvalue weighted by Crippen LogP contribution is -2.06. The number of nitriles is 5. The third-order valence-corrected chi connectivity index (χ3v) is 13.5. The van der Waals surface area contributed by atoms with Crippen molar-refractivity contribution in [2.75, 3.05) is 0 Å². The van der Waals surface area contributed by atoms with Gasteiger partial charge in [-0.05, 0) is 107 Å². The van der Waals surface area contributed by atoms with Gasteiger partial charge in [-0.2, -0.15) is 26.3 Å². The molecule has 0 unspecified atom stereocenters. The minimum absolute atomic E-state index is 0.324. The van der Waals surface area contributed by atoms with Gasteiger partial charge in [0.2, 0.25) is 0 Å². The van der Waals surface area contributed by atoms with Gasteiger partial charge >= 0.3 is 0 Å². The molecule has 0 saturated heterocycles. The molecule has 3 heterocycles. The molecule has 0 N–H and O–H groups in total. The van der Waals surface area contributed by atoms with Crippen LogP contribution in [0.2, 0.25) is 0 Å². The van der Waals surface area contributed by atoms with Crippen LogP contribution in [0.3, 0.4) is 0 Å². The number of hydrogen-bond acceptors (Lipinski definition) is 9. The second-order valence-corrected chi connectivity index (χ2v) is 18.3. The summed E-state index contributed by atoms with van der Waals surface area (Å²) in [6.45, 7) is 0. The molecule has 10 heteroatoms. The first kappa shape index (κ1) is 46.5. The van der Waals surface area contributed by atoms with Crippen LogP contribution in [0.4, 0.5) is 0 Å². The summed E-state index contributed by atoms with van der Waals surface area (Å²) in [7, 11) is 0. The largest absolute Gasteiger partial charge is 0.308 e. The molecule has 0 saturated carbocycles. The molecule has 0 aliphatic heterocycles. The first-order chi connectivity index (χ1) is 37.9. The average Bonchev–Trinajstić information content (AvgIpc) is 4.06. The fourth-order valence-corrected chi connectivity index (χ4v) is 9.91. The molecule has 9 aromatic carbocycles. The highest BCUT2D eigenvalue weighted by molar-refractivity contribution is 6.13. The Morgan fingerprint density at radius 3 is 0.870 bits per heavy atom. The fraction of sp³-hybridized carbons (Fsp3) is 0. The maximum absolute atomic E-state index is 11.1. The van der Waals surface area contributed by atoms with E-state index in [0.717, 1.165) is 55.2 Å². The predicted molar refractivity (Wildman–Crippen MR) is 299 cm³/mol. The molecule has 0 amide bonds. The predicted octanol–water partition coefficient (Wildman–Crippen LogP) is 15.1. The van der Waals surface area contributed by atoms with Gasteiger partial charge in [-0.1, -0.05) is 133 Å². The third-order valence-electron chi connectivity index (χ3n) is 13.5. The van der Waals surface area contributed by atoms with E-state index in [2.05, 4.69) is 34.9 Å². The van der Waals surface area contributed by atoms with Crippen LogP contribution in [0.25, 0.3) is 118 Å². The van der Waals surface area contributed by atoms with Crippen LogP contribution in [0.1, 0.15) is 27.8 Å². The zero-order valence-corrected chi connectivity index (χ0v) is 40.8. The van der Waals surface area contributed by atoms with Crippen molar-refractivity contribution in [3.05, 3.63) is 246 Å². The van der Waals surface area contributed by atoms with Crippen LogP contribution in [0, 0.1) is 56.7 Å². The molecular formula is C67H36N10. The van der Waals surface area contributed by atoms with E-state index < -0.39 is 0 Å². The molecular weight excluding hydrogens is 945 g/mol. The van der Waals surface area contributed by atoms with Gasteiger partial charge < -0.3 is 4.57 Å². The van der Waals surface area contributed by atoms with Crippen molar-refractivity contribution in [1.82, 2.24) is 24.5 Å². The number of fused-ring (bicyclic) bond motifs is 3. The molecule has 354 valence electrons. The molecule has 0 spiro atoms. The number of hydrogen-bond donors (Lipinski definition) is 0.